The first-order valence-electron chi connectivity index (χ1n) is 12.6. The Balaban J connectivity index is 0.00000240. The van der Waals surface area contributed by atoms with Crippen molar-refractivity contribution in [1.82, 2.24) is 0 Å². The third-order valence-corrected chi connectivity index (χ3v) is 10.3. The minimum atomic E-state index is -0.0766. The standard InChI is InChI=1S/C27H46O.CH4/c1-18(2)7-6-8-19(3)23-11-12-24-22-10-9-20-17-21(28)13-15-26(20,4)25(22)14-16-27(23,24)5;/h9,18-19,21-25,28H,6-8,10-17H2,1-5H3;1H4/t19-,21+,22+,23-,24+,25+,26+,27-;/m1./s1. The number of allylic oxidation sites excluding steroid dienone is 1. The lowest BCUT2D eigenvalue weighted by molar-refractivity contribution is -0.0573. The van der Waals surface area contributed by atoms with Crippen LogP contribution < -0.4 is 0 Å². The molecule has 0 aromatic rings. The molecule has 8 atom stereocenters. The second kappa shape index (κ2) is 8.68. The highest BCUT2D eigenvalue weighted by molar-refractivity contribution is 5.25. The second-order valence-electron chi connectivity index (χ2n) is 12.2. The summed E-state index contributed by atoms with van der Waals surface area (Å²) in [6, 6.07) is 0. The maximum atomic E-state index is 10.2. The number of hydrogen-bond acceptors (Lipinski definition) is 1. The molecule has 3 fully saturated rings. The zero-order valence-electron chi connectivity index (χ0n) is 19.3. The smallest absolute Gasteiger partial charge is 0.0577 e. The molecule has 0 aromatic heterocycles. The summed E-state index contributed by atoms with van der Waals surface area (Å²) >= 11 is 0. The van der Waals surface area contributed by atoms with E-state index in [0.29, 0.717) is 10.8 Å². The van der Waals surface area contributed by atoms with Crippen LogP contribution in [0.2, 0.25) is 0 Å². The molecule has 168 valence electrons. The van der Waals surface area contributed by atoms with Gasteiger partial charge < -0.3 is 5.11 Å². The first-order valence-corrected chi connectivity index (χ1v) is 12.6. The van der Waals surface area contributed by atoms with E-state index in [1.165, 1.54) is 57.8 Å². The normalized spacial score (nSPS) is 44.9. The summed E-state index contributed by atoms with van der Waals surface area (Å²) in [4.78, 5) is 0. The SMILES string of the molecule is C.CC(C)CCC[C@@H](C)[C@H]1CC[C@H]2[C@@H]3CC=C4C[C@@H](O)CC[C@]4(C)[C@H]3CC[C@]12C. The van der Waals surface area contributed by atoms with Crippen molar-refractivity contribution in [3.63, 3.8) is 0 Å². The van der Waals surface area contributed by atoms with Crippen molar-refractivity contribution in [1.29, 1.82) is 0 Å². The zero-order valence-corrected chi connectivity index (χ0v) is 19.3. The highest BCUT2D eigenvalue weighted by Crippen LogP contribution is 2.67. The van der Waals surface area contributed by atoms with E-state index in [4.69, 9.17) is 0 Å². The summed E-state index contributed by atoms with van der Waals surface area (Å²) in [7, 11) is 0. The van der Waals surface area contributed by atoms with Crippen LogP contribution in [0.25, 0.3) is 0 Å². The van der Waals surface area contributed by atoms with Crippen molar-refractivity contribution >= 4 is 0 Å². The minimum Gasteiger partial charge on any atom is -0.393 e. The van der Waals surface area contributed by atoms with Crippen LogP contribution in [-0.4, -0.2) is 11.2 Å². The van der Waals surface area contributed by atoms with E-state index in [-0.39, 0.29) is 13.5 Å². The van der Waals surface area contributed by atoms with Crippen LogP contribution in [0, 0.1) is 46.3 Å². The van der Waals surface area contributed by atoms with Crippen molar-refractivity contribution in [3.8, 4) is 0 Å². The van der Waals surface area contributed by atoms with E-state index in [1.54, 1.807) is 5.57 Å². The van der Waals surface area contributed by atoms with E-state index >= 15 is 0 Å². The van der Waals surface area contributed by atoms with Gasteiger partial charge in [-0.1, -0.05) is 73.0 Å². The van der Waals surface area contributed by atoms with Crippen LogP contribution in [-0.2, 0) is 0 Å². The molecule has 0 radical (unpaired) electrons. The molecular formula is C28H50O. The molecule has 0 aromatic carbocycles. The van der Waals surface area contributed by atoms with Gasteiger partial charge >= 0.3 is 0 Å². The number of rotatable bonds is 5. The Morgan fingerprint density at radius 2 is 1.76 bits per heavy atom. The number of hydrogen-bond donors (Lipinski definition) is 1. The van der Waals surface area contributed by atoms with E-state index in [2.05, 4.69) is 40.7 Å². The van der Waals surface area contributed by atoms with Gasteiger partial charge in [-0.05, 0) is 97.7 Å². The molecular weight excluding hydrogens is 352 g/mol. The second-order valence-corrected chi connectivity index (χ2v) is 12.2. The monoisotopic (exact) mass is 402 g/mol. The predicted molar refractivity (Wildman–Crippen MR) is 126 cm³/mol. The lowest BCUT2D eigenvalue weighted by atomic mass is 9.47. The fraction of sp³-hybridized carbons (Fsp3) is 0.929. The molecule has 4 rings (SSSR count). The van der Waals surface area contributed by atoms with Crippen LogP contribution in [0.4, 0.5) is 0 Å². The van der Waals surface area contributed by atoms with Crippen molar-refractivity contribution in [2.45, 2.75) is 119 Å². The molecule has 1 nitrogen and oxygen atoms in total. The Hall–Kier alpha value is -0.300. The first-order chi connectivity index (χ1) is 13.3. The topological polar surface area (TPSA) is 20.2 Å². The van der Waals surface area contributed by atoms with Gasteiger partial charge in [0.15, 0.2) is 0 Å². The Kier molecular flexibility index (Phi) is 6.99. The largest absolute Gasteiger partial charge is 0.393 e. The van der Waals surface area contributed by atoms with Gasteiger partial charge in [0.1, 0.15) is 0 Å². The molecule has 0 unspecified atom stereocenters. The molecule has 1 N–H and O–H groups in total. The first kappa shape index (κ1) is 23.4. The molecule has 4 aliphatic carbocycles. The average molecular weight is 403 g/mol. The van der Waals surface area contributed by atoms with Crippen LogP contribution in [0.1, 0.15) is 113 Å². The molecule has 29 heavy (non-hydrogen) atoms. The third kappa shape index (κ3) is 3.99. The van der Waals surface area contributed by atoms with Gasteiger partial charge in [0.25, 0.3) is 0 Å². The molecule has 0 bridgehead atoms. The molecule has 0 heterocycles. The van der Waals surface area contributed by atoms with Gasteiger partial charge in [0.05, 0.1) is 6.10 Å². The summed E-state index contributed by atoms with van der Waals surface area (Å²) in [5.41, 5.74) is 2.60. The third-order valence-electron chi connectivity index (χ3n) is 10.3. The Labute approximate surface area is 182 Å². The lowest BCUT2D eigenvalue weighted by Gasteiger charge is -2.58. The Morgan fingerprint density at radius 3 is 2.48 bits per heavy atom. The Bertz CT molecular complexity index is 591. The quantitative estimate of drug-likeness (QED) is 0.461. The molecule has 4 aliphatic rings. The summed E-state index contributed by atoms with van der Waals surface area (Å²) in [6.07, 6.45) is 17.2. The van der Waals surface area contributed by atoms with Crippen LogP contribution in [0.5, 0.6) is 0 Å². The summed E-state index contributed by atoms with van der Waals surface area (Å²) in [5.74, 6) is 5.46. The molecule has 1 heteroatoms. The molecule has 0 aliphatic heterocycles. The number of fused-ring (bicyclic) bond motifs is 5. The summed E-state index contributed by atoms with van der Waals surface area (Å²) < 4.78 is 0. The fourth-order valence-corrected chi connectivity index (χ4v) is 8.67. The molecule has 0 amide bonds. The fourth-order valence-electron chi connectivity index (χ4n) is 8.67. The van der Waals surface area contributed by atoms with Crippen molar-refractivity contribution in [2.24, 2.45) is 46.3 Å². The average Bonchev–Trinajstić information content (AvgIpc) is 2.99. The van der Waals surface area contributed by atoms with Crippen LogP contribution in [0.15, 0.2) is 11.6 Å². The van der Waals surface area contributed by atoms with Gasteiger partial charge in [-0.15, -0.1) is 0 Å². The molecule has 3 saturated carbocycles. The number of aliphatic hydroxyl groups excluding tert-OH is 1. The highest BCUT2D eigenvalue weighted by atomic mass is 16.3. The van der Waals surface area contributed by atoms with Crippen LogP contribution in [0.3, 0.4) is 0 Å². The van der Waals surface area contributed by atoms with Gasteiger partial charge in [-0.25, -0.2) is 0 Å². The van der Waals surface area contributed by atoms with E-state index in [1.807, 2.05) is 0 Å². The van der Waals surface area contributed by atoms with Crippen molar-refractivity contribution in [3.05, 3.63) is 11.6 Å². The van der Waals surface area contributed by atoms with E-state index < -0.39 is 0 Å². The molecule has 0 saturated heterocycles. The van der Waals surface area contributed by atoms with E-state index in [0.717, 1.165) is 48.3 Å². The summed E-state index contributed by atoms with van der Waals surface area (Å²) in [5, 5.41) is 10.2. The van der Waals surface area contributed by atoms with Crippen molar-refractivity contribution < 1.29 is 5.11 Å². The van der Waals surface area contributed by atoms with Gasteiger partial charge in [0, 0.05) is 0 Å². The van der Waals surface area contributed by atoms with Crippen LogP contribution >= 0.6 is 0 Å². The van der Waals surface area contributed by atoms with Gasteiger partial charge in [0.2, 0.25) is 0 Å². The number of aliphatic hydroxyl groups is 1. The minimum absolute atomic E-state index is 0. The van der Waals surface area contributed by atoms with Gasteiger partial charge in [-0.2, -0.15) is 0 Å². The predicted octanol–water partition coefficient (Wildman–Crippen LogP) is 8.02. The van der Waals surface area contributed by atoms with Crippen molar-refractivity contribution in [2.75, 3.05) is 0 Å². The maximum absolute atomic E-state index is 10.2. The lowest BCUT2D eigenvalue weighted by Crippen LogP contribution is -2.50. The maximum Gasteiger partial charge on any atom is 0.0577 e. The Morgan fingerprint density at radius 1 is 1.00 bits per heavy atom. The highest BCUT2D eigenvalue weighted by Gasteiger charge is 2.59. The molecule has 0 spiro atoms. The zero-order chi connectivity index (χ0) is 20.1. The van der Waals surface area contributed by atoms with Gasteiger partial charge in [-0.3, -0.25) is 0 Å². The summed E-state index contributed by atoms with van der Waals surface area (Å²) in [6.45, 7) is 12.6. The van der Waals surface area contributed by atoms with E-state index in [9.17, 15) is 5.11 Å².